The van der Waals surface area contributed by atoms with Crippen LogP contribution >= 0.6 is 0 Å². The third-order valence-corrected chi connectivity index (χ3v) is 2.51. The van der Waals surface area contributed by atoms with E-state index in [9.17, 15) is 93.4 Å². The normalized spacial score (nSPS) is 14.1. The summed E-state index contributed by atoms with van der Waals surface area (Å²) in [6, 6.07) is 0. The molecule has 235 valence electrons. The van der Waals surface area contributed by atoms with E-state index in [4.69, 9.17) is 15.3 Å². The molecule has 0 aromatic rings. The van der Waals surface area contributed by atoms with Crippen LogP contribution in [0, 0.1) is 49.4 Å². The Labute approximate surface area is 247 Å². The van der Waals surface area contributed by atoms with E-state index in [-0.39, 0.29) is 49.4 Å². The maximum Gasteiger partial charge on any atom is 0.454 e. The number of allylic oxidation sites excluding steroid dienone is 6. The second kappa shape index (κ2) is 15.8. The molecule has 0 rings (SSSR count). The van der Waals surface area contributed by atoms with Crippen LogP contribution < -0.4 is 0 Å². The number of aliphatic hydroxyl groups excluding tert-OH is 3. The largest absolute Gasteiger partial charge is 0.504 e. The summed E-state index contributed by atoms with van der Waals surface area (Å²) >= 11 is 0. The van der Waals surface area contributed by atoms with Crippen LogP contribution in [0.4, 0.5) is 79.0 Å². The van der Waals surface area contributed by atoms with Crippen LogP contribution in [0.5, 0.6) is 0 Å². The summed E-state index contributed by atoms with van der Waals surface area (Å²) in [5.74, 6) is -16.0. The van der Waals surface area contributed by atoms with Crippen LogP contribution in [-0.4, -0.2) is 69.7 Å². The Bertz CT molecular complexity index is 834. The van der Waals surface area contributed by atoms with Crippen LogP contribution in [0.3, 0.4) is 0 Å². The second-order valence-corrected chi connectivity index (χ2v) is 5.67. The average molecular weight is 776 g/mol. The number of alkyl halides is 18. The first-order valence-corrected chi connectivity index (χ1v) is 7.92. The van der Waals surface area contributed by atoms with Gasteiger partial charge in [0, 0.05) is 67.6 Å². The average Bonchev–Trinajstić information content (AvgIpc) is 2.64. The van der Waals surface area contributed by atoms with E-state index in [1.807, 2.05) is 0 Å². The van der Waals surface area contributed by atoms with Crippen LogP contribution in [0.2, 0.25) is 0 Å². The molecule has 25 heteroatoms. The van der Waals surface area contributed by atoms with Gasteiger partial charge in [0.15, 0.2) is 0 Å². The van der Waals surface area contributed by atoms with Crippen molar-refractivity contribution in [2.45, 2.75) is 37.1 Å². The number of ketones is 3. The fourth-order valence-electron chi connectivity index (χ4n) is 0.864. The smallest absolute Gasteiger partial charge is 0.454 e. The minimum atomic E-state index is -5.42. The molecule has 0 bridgehead atoms. The van der Waals surface area contributed by atoms with Crippen molar-refractivity contribution in [3.63, 3.8) is 0 Å². The zero-order valence-electron chi connectivity index (χ0n) is 17.5. The van der Waals surface area contributed by atoms with Gasteiger partial charge in [0.05, 0.1) is 0 Å². The zero-order valence-corrected chi connectivity index (χ0v) is 19.9. The molecule has 0 aromatic carbocycles. The topological polar surface area (TPSA) is 112 Å². The molecule has 0 saturated carbocycles. The first-order chi connectivity index (χ1) is 16.6. The van der Waals surface area contributed by atoms with E-state index in [0.717, 1.165) is 0 Å². The van der Waals surface area contributed by atoms with Crippen molar-refractivity contribution in [3.8, 4) is 0 Å². The van der Waals surface area contributed by atoms with Crippen LogP contribution in [-0.2, 0) is 14.4 Å². The van der Waals surface area contributed by atoms with Crippen molar-refractivity contribution in [1.82, 2.24) is 0 Å². The van der Waals surface area contributed by atoms with E-state index in [1.165, 1.54) is 0 Å². The SMILES string of the molecule is O=C(/C=C(/O)C(F)(F)F)C(F)(F)F.O=C(/C=C(/O)C(F)(F)F)C(F)(F)F.O=C(/C=C(/O)C(F)(F)F)C(F)(F)F.[Eu]. The number of halogens is 18. The monoisotopic (exact) mass is 777 g/mol. The standard InChI is InChI=1S/3C5H2F6O2.Eu/c3*6-4(7,8)2(12)1-3(13)5(9,10)11;/h3*1,12H;/b3*2-1+;. The van der Waals surface area contributed by atoms with E-state index >= 15 is 0 Å². The Morgan fingerprint density at radius 1 is 0.350 bits per heavy atom. The maximum absolute atomic E-state index is 11.4. The van der Waals surface area contributed by atoms with Gasteiger partial charge < -0.3 is 15.3 Å². The minimum Gasteiger partial charge on any atom is -0.504 e. The molecule has 0 unspecified atom stereocenters. The van der Waals surface area contributed by atoms with Crippen molar-refractivity contribution in [3.05, 3.63) is 35.5 Å². The predicted molar refractivity (Wildman–Crippen MR) is 83.5 cm³/mol. The van der Waals surface area contributed by atoms with E-state index in [2.05, 4.69) is 0 Å². The Morgan fingerprint density at radius 3 is 0.550 bits per heavy atom. The van der Waals surface area contributed by atoms with Gasteiger partial charge in [-0.2, -0.15) is 79.0 Å². The molecule has 3 N–H and O–H groups in total. The molecule has 0 saturated heterocycles. The summed E-state index contributed by atoms with van der Waals surface area (Å²) in [6.07, 6.45) is -35.0. The molecule has 0 atom stereocenters. The number of carbonyl (C=O) groups excluding carboxylic acids is 3. The molecule has 40 heavy (non-hydrogen) atoms. The van der Waals surface area contributed by atoms with Crippen LogP contribution in [0.1, 0.15) is 0 Å². The van der Waals surface area contributed by atoms with Gasteiger partial charge >= 0.3 is 37.1 Å². The number of aliphatic hydroxyl groups is 3. The summed E-state index contributed by atoms with van der Waals surface area (Å²) in [5, 5.41) is 23.8. The molecule has 0 heterocycles. The van der Waals surface area contributed by atoms with Gasteiger partial charge in [-0.25, -0.2) is 0 Å². The third kappa shape index (κ3) is 20.8. The summed E-state index contributed by atoms with van der Waals surface area (Å²) in [7, 11) is 0. The van der Waals surface area contributed by atoms with Gasteiger partial charge in [-0.1, -0.05) is 0 Å². The zero-order chi connectivity index (χ0) is 32.6. The third-order valence-electron chi connectivity index (χ3n) is 2.51. The molecule has 0 fully saturated rings. The van der Waals surface area contributed by atoms with E-state index in [1.54, 1.807) is 0 Å². The number of hydrogen-bond acceptors (Lipinski definition) is 6. The first kappa shape index (κ1) is 45.0. The Hall–Kier alpha value is -2.05. The predicted octanol–water partition coefficient (Wildman–Crippen LogP) is 6.37. The van der Waals surface area contributed by atoms with E-state index in [0.29, 0.717) is 0 Å². The van der Waals surface area contributed by atoms with Crippen molar-refractivity contribution >= 4 is 17.3 Å². The molecule has 1 radical (unpaired) electrons. The molecule has 0 aliphatic heterocycles. The van der Waals surface area contributed by atoms with Crippen LogP contribution in [0.15, 0.2) is 35.5 Å². The Morgan fingerprint density at radius 2 is 0.475 bits per heavy atom. The van der Waals surface area contributed by atoms with Gasteiger partial charge in [-0.15, -0.1) is 0 Å². The summed E-state index contributed by atoms with van der Waals surface area (Å²) in [4.78, 5) is 29.6. The maximum atomic E-state index is 11.4. The number of rotatable bonds is 3. The van der Waals surface area contributed by atoms with Crippen molar-refractivity contribution < 1.29 is 158 Å². The van der Waals surface area contributed by atoms with Gasteiger partial charge in [0.25, 0.3) is 17.3 Å². The Kier molecular flexibility index (Phi) is 17.8. The molecule has 0 aromatic heterocycles. The molecular formula is C15H6EuF18O6. The molecular weight excluding hydrogens is 770 g/mol. The molecule has 0 amide bonds. The van der Waals surface area contributed by atoms with Gasteiger partial charge in [-0.3, -0.25) is 14.4 Å². The molecule has 0 spiro atoms. The second-order valence-electron chi connectivity index (χ2n) is 5.67. The van der Waals surface area contributed by atoms with Gasteiger partial charge in [0.1, 0.15) is 0 Å². The fraction of sp³-hybridized carbons (Fsp3) is 0.400. The fourth-order valence-corrected chi connectivity index (χ4v) is 0.864. The van der Waals surface area contributed by atoms with E-state index < -0.39 is 89.9 Å². The summed E-state index contributed by atoms with van der Waals surface area (Å²) in [6.45, 7) is 0. The minimum absolute atomic E-state index is 0. The number of hydrogen-bond donors (Lipinski definition) is 3. The molecule has 0 aliphatic carbocycles. The van der Waals surface area contributed by atoms with Crippen LogP contribution in [0.25, 0.3) is 0 Å². The van der Waals surface area contributed by atoms with Crippen molar-refractivity contribution in [2.24, 2.45) is 0 Å². The van der Waals surface area contributed by atoms with Gasteiger partial charge in [-0.05, 0) is 0 Å². The van der Waals surface area contributed by atoms with Crippen molar-refractivity contribution in [2.75, 3.05) is 0 Å². The first-order valence-electron chi connectivity index (χ1n) is 7.92. The summed E-state index contributed by atoms with van der Waals surface area (Å²) < 4.78 is 204. The van der Waals surface area contributed by atoms with Crippen molar-refractivity contribution in [1.29, 1.82) is 0 Å². The Balaban J connectivity index is -0.000000240. The quantitative estimate of drug-likeness (QED) is 0.175. The molecule has 6 nitrogen and oxygen atoms in total. The molecule has 0 aliphatic rings. The van der Waals surface area contributed by atoms with Gasteiger partial charge in [0.2, 0.25) is 17.3 Å². The summed E-state index contributed by atoms with van der Waals surface area (Å²) in [5.41, 5.74) is 0. The number of carbonyl (C=O) groups is 3.